The van der Waals surface area contributed by atoms with Crippen molar-refractivity contribution in [3.63, 3.8) is 0 Å². The first-order valence-corrected chi connectivity index (χ1v) is 7.99. The van der Waals surface area contributed by atoms with E-state index in [2.05, 4.69) is 36.1 Å². The number of carbonyl (C=O) groups excluding carboxylic acids is 1. The van der Waals surface area contributed by atoms with Crippen molar-refractivity contribution in [2.75, 3.05) is 6.61 Å². The highest BCUT2D eigenvalue weighted by molar-refractivity contribution is 8.01. The molecule has 0 spiro atoms. The third-order valence-electron chi connectivity index (χ3n) is 3.95. The molecule has 3 nitrogen and oxygen atoms in total. The van der Waals surface area contributed by atoms with Crippen molar-refractivity contribution in [3.05, 3.63) is 48.0 Å². The fourth-order valence-corrected chi connectivity index (χ4v) is 4.52. The molecule has 4 atom stereocenters. The number of hydrogen-bond acceptors (Lipinski definition) is 4. The molecule has 2 bridgehead atoms. The largest absolute Gasteiger partial charge is 0.465 e. The maximum Gasteiger partial charge on any atom is 0.324 e. The molecule has 1 saturated heterocycles. The molecule has 1 aromatic carbocycles. The monoisotopic (exact) mass is 289 g/mol. The molecular formula is C16H19NO2S. The lowest BCUT2D eigenvalue weighted by molar-refractivity contribution is -0.149. The summed E-state index contributed by atoms with van der Waals surface area (Å²) in [5.41, 5.74) is 1.24. The Kier molecular flexibility index (Phi) is 3.85. The van der Waals surface area contributed by atoms with Crippen molar-refractivity contribution in [1.29, 1.82) is 0 Å². The predicted molar refractivity (Wildman–Crippen MR) is 81.4 cm³/mol. The van der Waals surface area contributed by atoms with E-state index in [1.165, 1.54) is 5.56 Å². The molecular weight excluding hydrogens is 270 g/mol. The first-order valence-electron chi connectivity index (χ1n) is 7.05. The summed E-state index contributed by atoms with van der Waals surface area (Å²) >= 11 is 1.84. The van der Waals surface area contributed by atoms with Crippen LogP contribution in [-0.4, -0.2) is 34.1 Å². The first kappa shape index (κ1) is 13.7. The standard InChI is InChI=1S/C16H19NO2S/c1-3-19-16(18)15-13-9-10-14(20-13)17(15)11(2)12-7-5-4-6-8-12/h4-11,13-15H,3H2,1-2H3/t11-,13-,14+,15+/m1/s1. The van der Waals surface area contributed by atoms with Gasteiger partial charge in [-0.25, -0.2) is 0 Å². The zero-order valence-electron chi connectivity index (χ0n) is 11.7. The van der Waals surface area contributed by atoms with Crippen molar-refractivity contribution in [2.45, 2.75) is 36.6 Å². The summed E-state index contributed by atoms with van der Waals surface area (Å²) in [4.78, 5) is 14.6. The third-order valence-corrected chi connectivity index (χ3v) is 5.35. The average molecular weight is 289 g/mol. The lowest BCUT2D eigenvalue weighted by Gasteiger charge is -2.35. The fraction of sp³-hybridized carbons (Fsp3) is 0.438. The third kappa shape index (κ3) is 2.27. The molecule has 106 valence electrons. The highest BCUT2D eigenvalue weighted by atomic mass is 32.2. The minimum Gasteiger partial charge on any atom is -0.465 e. The highest BCUT2D eigenvalue weighted by Crippen LogP contribution is 2.46. The number of benzene rings is 1. The smallest absolute Gasteiger partial charge is 0.324 e. The van der Waals surface area contributed by atoms with Crippen LogP contribution in [0.25, 0.3) is 0 Å². The van der Waals surface area contributed by atoms with Gasteiger partial charge in [-0.2, -0.15) is 0 Å². The van der Waals surface area contributed by atoms with Gasteiger partial charge < -0.3 is 4.74 Å². The number of esters is 1. The number of thioether (sulfide) groups is 1. The van der Waals surface area contributed by atoms with Gasteiger partial charge in [-0.1, -0.05) is 42.5 Å². The zero-order chi connectivity index (χ0) is 14.1. The van der Waals surface area contributed by atoms with Gasteiger partial charge in [0.25, 0.3) is 0 Å². The Morgan fingerprint density at radius 3 is 2.80 bits per heavy atom. The van der Waals surface area contributed by atoms with Crippen molar-refractivity contribution in [3.8, 4) is 0 Å². The molecule has 2 heterocycles. The number of fused-ring (bicyclic) bond motifs is 2. The second kappa shape index (κ2) is 5.62. The van der Waals surface area contributed by atoms with Gasteiger partial charge in [0.05, 0.1) is 17.2 Å². The van der Waals surface area contributed by atoms with Crippen molar-refractivity contribution in [2.24, 2.45) is 0 Å². The molecule has 2 aliphatic rings. The van der Waals surface area contributed by atoms with Crippen LogP contribution in [-0.2, 0) is 9.53 Å². The normalized spacial score (nSPS) is 29.6. The Hall–Kier alpha value is -1.26. The second-order valence-corrected chi connectivity index (χ2v) is 6.41. The second-order valence-electron chi connectivity index (χ2n) is 5.11. The van der Waals surface area contributed by atoms with Gasteiger partial charge in [-0.3, -0.25) is 9.69 Å². The Morgan fingerprint density at radius 2 is 2.10 bits per heavy atom. The lowest BCUT2D eigenvalue weighted by atomic mass is 10.0. The summed E-state index contributed by atoms with van der Waals surface area (Å²) in [5, 5.41) is 0.509. The molecule has 0 aromatic heterocycles. The SMILES string of the molecule is CCOC(=O)[C@@H]1[C@H]2C=C[C@H](S2)N1[C@H](C)c1ccccc1. The minimum atomic E-state index is -0.162. The van der Waals surface area contributed by atoms with Gasteiger partial charge in [-0.05, 0) is 19.4 Å². The molecule has 0 unspecified atom stereocenters. The number of nitrogens with zero attached hydrogens (tertiary/aromatic N) is 1. The van der Waals surface area contributed by atoms with Gasteiger partial charge >= 0.3 is 5.97 Å². The van der Waals surface area contributed by atoms with Gasteiger partial charge in [0.2, 0.25) is 0 Å². The maximum atomic E-state index is 12.3. The number of ether oxygens (including phenoxy) is 1. The molecule has 0 amide bonds. The van der Waals surface area contributed by atoms with Gasteiger partial charge in [0.15, 0.2) is 0 Å². The molecule has 2 aliphatic heterocycles. The number of hydrogen-bond donors (Lipinski definition) is 0. The van der Waals surface area contributed by atoms with Crippen LogP contribution < -0.4 is 0 Å². The summed E-state index contributed by atoms with van der Waals surface area (Å²) < 4.78 is 5.27. The zero-order valence-corrected chi connectivity index (χ0v) is 12.5. The maximum absolute atomic E-state index is 12.3. The lowest BCUT2D eigenvalue weighted by Crippen LogP contribution is -2.47. The van der Waals surface area contributed by atoms with E-state index in [0.29, 0.717) is 6.61 Å². The van der Waals surface area contributed by atoms with Crippen molar-refractivity contribution < 1.29 is 9.53 Å². The van der Waals surface area contributed by atoms with Crippen LogP contribution in [0, 0.1) is 0 Å². The molecule has 0 N–H and O–H groups in total. The van der Waals surface area contributed by atoms with Crippen LogP contribution in [0.3, 0.4) is 0 Å². The van der Waals surface area contributed by atoms with Crippen molar-refractivity contribution in [1.82, 2.24) is 4.90 Å². The summed E-state index contributed by atoms with van der Waals surface area (Å²) in [6, 6.07) is 10.4. The number of rotatable bonds is 4. The van der Waals surface area contributed by atoms with Gasteiger partial charge in [0.1, 0.15) is 6.04 Å². The quantitative estimate of drug-likeness (QED) is 0.629. The molecule has 3 rings (SSSR count). The van der Waals surface area contributed by atoms with Crippen LogP contribution in [0.15, 0.2) is 42.5 Å². The Labute approximate surface area is 124 Å². The molecule has 0 radical (unpaired) electrons. The van der Waals surface area contributed by atoms with E-state index in [1.807, 2.05) is 36.9 Å². The van der Waals surface area contributed by atoms with E-state index in [4.69, 9.17) is 4.74 Å². The van der Waals surface area contributed by atoms with Gasteiger partial charge in [-0.15, -0.1) is 11.8 Å². The average Bonchev–Trinajstić information content (AvgIpc) is 3.08. The Balaban J connectivity index is 1.87. The van der Waals surface area contributed by atoms with Crippen LogP contribution in [0.2, 0.25) is 0 Å². The van der Waals surface area contributed by atoms with E-state index >= 15 is 0 Å². The van der Waals surface area contributed by atoms with E-state index in [-0.39, 0.29) is 28.7 Å². The van der Waals surface area contributed by atoms with Crippen LogP contribution >= 0.6 is 11.8 Å². The van der Waals surface area contributed by atoms with E-state index in [0.717, 1.165) is 0 Å². The van der Waals surface area contributed by atoms with Crippen LogP contribution in [0.4, 0.5) is 0 Å². The summed E-state index contributed by atoms with van der Waals surface area (Å²) in [5.74, 6) is -0.0976. The fourth-order valence-electron chi connectivity index (χ4n) is 2.98. The van der Waals surface area contributed by atoms with E-state index in [9.17, 15) is 4.79 Å². The molecule has 1 fully saturated rings. The Morgan fingerprint density at radius 1 is 1.35 bits per heavy atom. The molecule has 0 aliphatic carbocycles. The molecule has 20 heavy (non-hydrogen) atoms. The molecule has 0 saturated carbocycles. The van der Waals surface area contributed by atoms with Crippen molar-refractivity contribution >= 4 is 17.7 Å². The molecule has 4 heteroatoms. The highest BCUT2D eigenvalue weighted by Gasteiger charge is 2.49. The summed E-state index contributed by atoms with van der Waals surface area (Å²) in [6.07, 6.45) is 4.34. The summed E-state index contributed by atoms with van der Waals surface area (Å²) in [6.45, 7) is 4.46. The first-order chi connectivity index (χ1) is 9.72. The van der Waals surface area contributed by atoms with E-state index in [1.54, 1.807) is 0 Å². The topological polar surface area (TPSA) is 29.5 Å². The number of carbonyl (C=O) groups is 1. The van der Waals surface area contributed by atoms with E-state index < -0.39 is 0 Å². The van der Waals surface area contributed by atoms with Gasteiger partial charge in [0, 0.05) is 6.04 Å². The Bertz CT molecular complexity index is 516. The van der Waals surface area contributed by atoms with Crippen LogP contribution in [0.5, 0.6) is 0 Å². The summed E-state index contributed by atoms with van der Waals surface area (Å²) in [7, 11) is 0. The van der Waals surface area contributed by atoms with Crippen LogP contribution in [0.1, 0.15) is 25.5 Å². The predicted octanol–water partition coefficient (Wildman–Crippen LogP) is 2.99. The minimum absolute atomic E-state index is 0.0976. The molecule has 1 aromatic rings.